The molecule has 0 bridgehead atoms. The fourth-order valence-corrected chi connectivity index (χ4v) is 2.39. The van der Waals surface area contributed by atoms with Gasteiger partial charge in [-0.2, -0.15) is 0 Å². The van der Waals surface area contributed by atoms with Crippen molar-refractivity contribution in [3.05, 3.63) is 62.0 Å². The van der Waals surface area contributed by atoms with Crippen LogP contribution in [0.4, 0.5) is 4.39 Å². The Labute approximate surface area is 113 Å². The number of fused-ring (bicyclic) bond motifs is 1. The van der Waals surface area contributed by atoms with E-state index in [0.717, 1.165) is 11.3 Å². The van der Waals surface area contributed by atoms with Gasteiger partial charge in [0.25, 0.3) is 5.56 Å². The van der Waals surface area contributed by atoms with Crippen LogP contribution in [0.15, 0.2) is 23.0 Å². The summed E-state index contributed by atoms with van der Waals surface area (Å²) in [4.78, 5) is 19.0. The Morgan fingerprint density at radius 3 is 3.00 bits per heavy atom. The standard InChI is InChI=1S/C13H11ClFN3O/c14-10-4-8(15)2-1-7(10)3-12-17-11-6-16-5-9(11)13(19)18-12/h1-2,4,16H,3,5-6H2,(H,17,18,19). The molecule has 4 nitrogen and oxygen atoms in total. The van der Waals surface area contributed by atoms with E-state index in [0.29, 0.717) is 35.9 Å². The molecule has 2 aromatic rings. The summed E-state index contributed by atoms with van der Waals surface area (Å²) in [6.45, 7) is 1.15. The maximum atomic E-state index is 13.0. The van der Waals surface area contributed by atoms with Crippen molar-refractivity contribution in [2.45, 2.75) is 19.5 Å². The highest BCUT2D eigenvalue weighted by atomic mass is 35.5. The first-order valence-electron chi connectivity index (χ1n) is 5.89. The van der Waals surface area contributed by atoms with Gasteiger partial charge in [0.2, 0.25) is 0 Å². The normalized spacial score (nSPS) is 13.6. The molecule has 0 fully saturated rings. The minimum Gasteiger partial charge on any atom is -0.310 e. The number of nitrogens with zero attached hydrogens (tertiary/aromatic N) is 1. The van der Waals surface area contributed by atoms with Crippen LogP contribution in [0.3, 0.4) is 0 Å². The Morgan fingerprint density at radius 1 is 1.37 bits per heavy atom. The van der Waals surface area contributed by atoms with Crippen molar-refractivity contribution in [1.82, 2.24) is 15.3 Å². The lowest BCUT2D eigenvalue weighted by atomic mass is 10.1. The SMILES string of the molecule is O=c1[nH]c(Cc2ccc(F)cc2Cl)nc2c1CNC2. The molecular formula is C13H11ClFN3O. The third kappa shape index (κ3) is 2.39. The van der Waals surface area contributed by atoms with E-state index in [1.807, 2.05) is 0 Å². The molecule has 98 valence electrons. The minimum absolute atomic E-state index is 0.122. The van der Waals surface area contributed by atoms with Crippen LogP contribution in [0.1, 0.15) is 22.6 Å². The lowest BCUT2D eigenvalue weighted by molar-refractivity contribution is 0.627. The summed E-state index contributed by atoms with van der Waals surface area (Å²) in [5.41, 5.74) is 2.08. The molecule has 0 radical (unpaired) electrons. The Kier molecular flexibility index (Phi) is 3.08. The van der Waals surface area contributed by atoms with Crippen LogP contribution in [0.25, 0.3) is 0 Å². The van der Waals surface area contributed by atoms with Gasteiger partial charge >= 0.3 is 0 Å². The average Bonchev–Trinajstić information content (AvgIpc) is 2.81. The second kappa shape index (κ2) is 4.75. The Hall–Kier alpha value is -1.72. The average molecular weight is 280 g/mol. The highest BCUT2D eigenvalue weighted by molar-refractivity contribution is 6.31. The van der Waals surface area contributed by atoms with E-state index in [1.54, 1.807) is 6.07 Å². The number of aromatic nitrogens is 2. The molecule has 0 atom stereocenters. The molecule has 1 aromatic heterocycles. The van der Waals surface area contributed by atoms with Gasteiger partial charge < -0.3 is 10.3 Å². The van der Waals surface area contributed by atoms with Gasteiger partial charge in [0, 0.05) is 24.5 Å². The number of nitrogens with one attached hydrogen (secondary N) is 2. The van der Waals surface area contributed by atoms with Crippen LogP contribution in [-0.2, 0) is 19.5 Å². The molecule has 1 aromatic carbocycles. The van der Waals surface area contributed by atoms with Crippen molar-refractivity contribution in [1.29, 1.82) is 0 Å². The van der Waals surface area contributed by atoms with Crippen LogP contribution in [-0.4, -0.2) is 9.97 Å². The number of hydrogen-bond donors (Lipinski definition) is 2. The fraction of sp³-hybridized carbons (Fsp3) is 0.231. The van der Waals surface area contributed by atoms with Crippen molar-refractivity contribution in [2.75, 3.05) is 0 Å². The molecule has 1 aliphatic rings. The van der Waals surface area contributed by atoms with Crippen LogP contribution in [0.2, 0.25) is 5.02 Å². The zero-order valence-corrected chi connectivity index (χ0v) is 10.7. The summed E-state index contributed by atoms with van der Waals surface area (Å²) < 4.78 is 13.0. The molecule has 0 saturated carbocycles. The second-order valence-electron chi connectivity index (χ2n) is 4.45. The number of rotatable bonds is 2. The van der Waals surface area contributed by atoms with Gasteiger partial charge in [0.05, 0.1) is 11.3 Å². The predicted octanol–water partition coefficient (Wildman–Crippen LogP) is 1.76. The topological polar surface area (TPSA) is 57.8 Å². The molecule has 0 spiro atoms. The van der Waals surface area contributed by atoms with Crippen LogP contribution >= 0.6 is 11.6 Å². The van der Waals surface area contributed by atoms with E-state index >= 15 is 0 Å². The van der Waals surface area contributed by atoms with Crippen molar-refractivity contribution >= 4 is 11.6 Å². The molecule has 0 aliphatic carbocycles. The third-order valence-electron chi connectivity index (χ3n) is 3.12. The van der Waals surface area contributed by atoms with Gasteiger partial charge in [-0.15, -0.1) is 0 Å². The van der Waals surface area contributed by atoms with Crippen LogP contribution in [0.5, 0.6) is 0 Å². The number of aromatic amines is 1. The molecule has 2 heterocycles. The first kappa shape index (κ1) is 12.3. The van der Waals surface area contributed by atoms with E-state index in [9.17, 15) is 9.18 Å². The molecule has 0 unspecified atom stereocenters. The zero-order valence-electron chi connectivity index (χ0n) is 9.96. The summed E-state index contributed by atoms with van der Waals surface area (Å²) in [7, 11) is 0. The van der Waals surface area contributed by atoms with Gasteiger partial charge in [-0.05, 0) is 17.7 Å². The first-order valence-corrected chi connectivity index (χ1v) is 6.27. The van der Waals surface area contributed by atoms with Crippen molar-refractivity contribution in [3.8, 4) is 0 Å². The maximum absolute atomic E-state index is 13.0. The summed E-state index contributed by atoms with van der Waals surface area (Å²) in [5, 5.41) is 3.41. The Morgan fingerprint density at radius 2 is 2.21 bits per heavy atom. The molecule has 0 amide bonds. The monoisotopic (exact) mass is 279 g/mol. The fourth-order valence-electron chi connectivity index (χ4n) is 2.16. The molecule has 19 heavy (non-hydrogen) atoms. The van der Waals surface area contributed by atoms with E-state index < -0.39 is 0 Å². The molecule has 2 N–H and O–H groups in total. The van der Waals surface area contributed by atoms with E-state index in [1.165, 1.54) is 12.1 Å². The van der Waals surface area contributed by atoms with Gasteiger partial charge in [0.1, 0.15) is 11.6 Å². The van der Waals surface area contributed by atoms with Crippen molar-refractivity contribution in [2.24, 2.45) is 0 Å². The maximum Gasteiger partial charge on any atom is 0.255 e. The summed E-state index contributed by atoms with van der Waals surface area (Å²) >= 11 is 5.96. The van der Waals surface area contributed by atoms with E-state index in [-0.39, 0.29) is 11.4 Å². The van der Waals surface area contributed by atoms with E-state index in [4.69, 9.17) is 11.6 Å². The quantitative estimate of drug-likeness (QED) is 0.881. The molecule has 3 rings (SSSR count). The van der Waals surface area contributed by atoms with Gasteiger partial charge in [0.15, 0.2) is 0 Å². The highest BCUT2D eigenvalue weighted by Gasteiger charge is 2.17. The number of H-pyrrole nitrogens is 1. The van der Waals surface area contributed by atoms with Gasteiger partial charge in [-0.3, -0.25) is 4.79 Å². The zero-order chi connectivity index (χ0) is 13.4. The number of halogens is 2. The predicted molar refractivity (Wildman–Crippen MR) is 69.6 cm³/mol. The summed E-state index contributed by atoms with van der Waals surface area (Å²) in [5.74, 6) is 0.161. The highest BCUT2D eigenvalue weighted by Crippen LogP contribution is 2.19. The van der Waals surface area contributed by atoms with Crippen LogP contribution in [0, 0.1) is 5.82 Å². The molecule has 1 aliphatic heterocycles. The second-order valence-corrected chi connectivity index (χ2v) is 4.86. The largest absolute Gasteiger partial charge is 0.310 e. The first-order chi connectivity index (χ1) is 9.13. The number of hydrogen-bond acceptors (Lipinski definition) is 3. The summed E-state index contributed by atoms with van der Waals surface area (Å²) in [6, 6.07) is 4.20. The lowest BCUT2D eigenvalue weighted by Crippen LogP contribution is -2.17. The van der Waals surface area contributed by atoms with Crippen LogP contribution < -0.4 is 10.9 Å². The van der Waals surface area contributed by atoms with Crippen molar-refractivity contribution in [3.63, 3.8) is 0 Å². The third-order valence-corrected chi connectivity index (χ3v) is 3.47. The molecule has 0 saturated heterocycles. The minimum atomic E-state index is -0.381. The van der Waals surface area contributed by atoms with Crippen molar-refractivity contribution < 1.29 is 4.39 Å². The number of benzene rings is 1. The smallest absolute Gasteiger partial charge is 0.255 e. The van der Waals surface area contributed by atoms with Gasteiger partial charge in [-0.1, -0.05) is 17.7 Å². The Bertz CT molecular complexity index is 699. The lowest BCUT2D eigenvalue weighted by Gasteiger charge is -2.05. The molecular weight excluding hydrogens is 269 g/mol. The Balaban J connectivity index is 1.96. The summed E-state index contributed by atoms with van der Waals surface area (Å²) in [6.07, 6.45) is 0.377. The molecule has 6 heteroatoms. The van der Waals surface area contributed by atoms with E-state index in [2.05, 4.69) is 15.3 Å². The van der Waals surface area contributed by atoms with Gasteiger partial charge in [-0.25, -0.2) is 9.37 Å².